The van der Waals surface area contributed by atoms with Crippen LogP contribution in [-0.2, 0) is 9.59 Å². The predicted octanol–water partition coefficient (Wildman–Crippen LogP) is -7.06. The second-order valence-corrected chi connectivity index (χ2v) is 1.50. The minimum absolute atomic E-state index is 0. The number of aliphatic carboxylic acids is 2. The van der Waals surface area contributed by atoms with Gasteiger partial charge in [0.2, 0.25) is 0 Å². The zero-order chi connectivity index (χ0) is 7.44. The van der Waals surface area contributed by atoms with Crippen molar-refractivity contribution in [3.8, 4) is 0 Å². The molecule has 0 aliphatic carbocycles. The van der Waals surface area contributed by atoms with Crippen molar-refractivity contribution >= 4 is 35.0 Å². The Labute approximate surface area is 87.0 Å². The molecule has 0 aromatic heterocycles. The summed E-state index contributed by atoms with van der Waals surface area (Å²) in [5, 5.41) is 19.3. The summed E-state index contributed by atoms with van der Waals surface area (Å²) in [5.74, 6) is -3.08. The molecule has 0 saturated heterocycles. The van der Waals surface area contributed by atoms with Crippen molar-refractivity contribution in [3.63, 3.8) is 0 Å². The van der Waals surface area contributed by atoms with Gasteiger partial charge in [-0.05, 0) is 0 Å². The number of hydrogen-bond donors (Lipinski definition) is 1. The first-order valence-electron chi connectivity index (χ1n) is 2.20. The molecule has 60 valence electrons. The van der Waals surface area contributed by atoms with Gasteiger partial charge in [-0.3, -0.25) is 0 Å². The average Bonchev–Trinajstić information content (AvgIpc) is 1.63. The molecule has 0 aliphatic rings. The fourth-order valence-corrected chi connectivity index (χ4v) is 0.263. The van der Waals surface area contributed by atoms with E-state index in [0.29, 0.717) is 0 Å². The summed E-state index contributed by atoms with van der Waals surface area (Å²) in [6.07, 6.45) is -0.706. The molecule has 0 aromatic carbocycles. The van der Waals surface area contributed by atoms with Gasteiger partial charge in [-0.15, -0.1) is 0 Å². The second-order valence-electron chi connectivity index (χ2n) is 1.50. The molecule has 11 heavy (non-hydrogen) atoms. The van der Waals surface area contributed by atoms with E-state index in [0.717, 1.165) is 0 Å². The third-order valence-corrected chi connectivity index (χ3v) is 0.689. The van der Waals surface area contributed by atoms with E-state index in [9.17, 15) is 19.8 Å². The van der Waals surface area contributed by atoms with E-state index in [1.165, 1.54) is 0 Å². The third kappa shape index (κ3) is 9.96. The summed E-state index contributed by atoms with van der Waals surface area (Å²) in [4.78, 5) is 19.3. The quantitative estimate of drug-likeness (QED) is 0.447. The van der Waals surface area contributed by atoms with Crippen LogP contribution in [-0.4, -0.2) is 41.0 Å². The zero-order valence-corrected chi connectivity index (χ0v) is 7.75. The second kappa shape index (κ2) is 8.06. The van der Waals surface area contributed by atoms with Crippen LogP contribution in [0, 0.1) is 0 Å². The fraction of sp³-hybridized carbons (Fsp3) is 0.500. The van der Waals surface area contributed by atoms with Gasteiger partial charge in [0, 0.05) is 18.4 Å². The third-order valence-electron chi connectivity index (χ3n) is 0.689. The number of nitrogens with two attached hydrogens (primary N) is 1. The molecule has 2 N–H and O–H groups in total. The van der Waals surface area contributed by atoms with Gasteiger partial charge >= 0.3 is 24.5 Å². The Morgan fingerprint density at radius 1 is 1.45 bits per heavy atom. The van der Waals surface area contributed by atoms with Gasteiger partial charge in [0.1, 0.15) is 0 Å². The van der Waals surface area contributed by atoms with Crippen LogP contribution in [0.3, 0.4) is 0 Å². The van der Waals surface area contributed by atoms with E-state index < -0.39 is 24.4 Å². The maximum atomic E-state index is 9.71. The molecule has 0 fully saturated rings. The van der Waals surface area contributed by atoms with E-state index in [2.05, 4.69) is 0 Å². The van der Waals surface area contributed by atoms with Crippen molar-refractivity contribution in [1.29, 1.82) is 0 Å². The Hall–Kier alpha value is -0.0438. The van der Waals surface area contributed by atoms with Crippen LogP contribution in [0.2, 0.25) is 0 Å². The van der Waals surface area contributed by atoms with Crippen LogP contribution in [0.25, 0.3) is 0 Å². The van der Waals surface area contributed by atoms with Crippen molar-refractivity contribution in [2.75, 3.05) is 0 Å². The monoisotopic (exact) mass is 191 g/mol. The molecule has 0 aromatic rings. The Kier molecular flexibility index (Phi) is 12.6. The van der Waals surface area contributed by atoms with Crippen molar-refractivity contribution in [2.24, 2.45) is 5.73 Å². The van der Waals surface area contributed by atoms with E-state index in [1.807, 2.05) is 0 Å². The molecule has 7 heteroatoms. The summed E-state index contributed by atoms with van der Waals surface area (Å²) < 4.78 is 0. The number of carboxylic acid groups (broad SMARTS) is 2. The van der Waals surface area contributed by atoms with E-state index in [-0.39, 0.29) is 36.9 Å². The summed E-state index contributed by atoms with van der Waals surface area (Å²) in [5.41, 5.74) is 4.73. The summed E-state index contributed by atoms with van der Waals surface area (Å²) in [6.45, 7) is 0. The maximum absolute atomic E-state index is 9.71. The first-order chi connectivity index (χ1) is 4.04. The Morgan fingerprint density at radius 2 is 1.82 bits per heavy atom. The number of carbonyl (C=O) groups excluding carboxylic acids is 2. The summed E-state index contributed by atoms with van der Waals surface area (Å²) >= 11 is 0. The maximum Gasteiger partial charge on any atom is 2.00 e. The predicted molar refractivity (Wildman–Crippen MR) is 29.5 cm³/mol. The van der Waals surface area contributed by atoms with Gasteiger partial charge in [-0.1, -0.05) is 0 Å². The molecule has 0 radical (unpaired) electrons. The molecule has 0 rings (SSSR count). The van der Waals surface area contributed by atoms with Crippen LogP contribution in [0.4, 0.5) is 0 Å². The normalized spacial score (nSPS) is 10.3. The first-order valence-corrected chi connectivity index (χ1v) is 2.20. The molecule has 0 spiro atoms. The van der Waals surface area contributed by atoms with Crippen LogP contribution in [0.5, 0.6) is 0 Å². The number of carbonyl (C=O) groups is 2. The standard InChI is InChI=1S/C4H7NO4.ClH.Mg/c5-2(4(8)9)1-3(6)7;;/h2H,1,5H2,(H,6,7)(H,8,9);1H;/q;;+2/p-2. The van der Waals surface area contributed by atoms with Crippen LogP contribution >= 0.6 is 0 Å². The number of carboxylic acids is 2. The minimum Gasteiger partial charge on any atom is -1.00 e. The molecule has 0 amide bonds. The smallest absolute Gasteiger partial charge is 1.00 e. The van der Waals surface area contributed by atoms with Crippen LogP contribution in [0.15, 0.2) is 0 Å². The first kappa shape index (κ1) is 17.2. The van der Waals surface area contributed by atoms with E-state index in [4.69, 9.17) is 5.73 Å². The zero-order valence-electron chi connectivity index (χ0n) is 6.58. The van der Waals surface area contributed by atoms with Gasteiger partial charge in [0.25, 0.3) is 0 Å². The molecule has 0 bridgehead atoms. The van der Waals surface area contributed by atoms with Gasteiger partial charge in [-0.2, -0.15) is 0 Å². The van der Waals surface area contributed by atoms with E-state index >= 15 is 0 Å². The van der Waals surface area contributed by atoms with Crippen molar-refractivity contribution < 1.29 is 33.6 Å². The van der Waals surface area contributed by atoms with Gasteiger partial charge in [0.05, 0.1) is 5.97 Å². The van der Waals surface area contributed by atoms with Crippen LogP contribution < -0.4 is 28.4 Å². The molecule has 1 atom stereocenters. The van der Waals surface area contributed by atoms with Crippen molar-refractivity contribution in [1.82, 2.24) is 0 Å². The fourth-order valence-electron chi connectivity index (χ4n) is 0.263. The topological polar surface area (TPSA) is 106 Å². The molecular weight excluding hydrogens is 186 g/mol. The Balaban J connectivity index is -0.000000107. The molecular formula is C4H6ClMgNO4. The molecule has 0 saturated carbocycles. The van der Waals surface area contributed by atoms with Crippen LogP contribution in [0.1, 0.15) is 7.85 Å². The van der Waals surface area contributed by atoms with Crippen molar-refractivity contribution in [2.45, 2.75) is 12.5 Å². The number of hydrogen-bond acceptors (Lipinski definition) is 5. The minimum atomic E-state index is -1.58. The Morgan fingerprint density at radius 3 is 1.91 bits per heavy atom. The molecule has 0 heterocycles. The van der Waals surface area contributed by atoms with Gasteiger partial charge in [0.15, 0.2) is 0 Å². The summed E-state index contributed by atoms with van der Waals surface area (Å²) in [7, 11) is 0. The van der Waals surface area contributed by atoms with Crippen molar-refractivity contribution in [3.05, 3.63) is 0 Å². The molecule has 5 nitrogen and oxygen atoms in total. The largest absolute Gasteiger partial charge is 2.00 e. The molecule has 1 unspecified atom stereocenters. The average molecular weight is 192 g/mol. The molecule has 0 aliphatic heterocycles. The number of rotatable bonds is 3. The van der Waals surface area contributed by atoms with Gasteiger partial charge in [-0.25, -0.2) is 0 Å². The van der Waals surface area contributed by atoms with E-state index in [1.54, 1.807) is 0 Å². The van der Waals surface area contributed by atoms with Gasteiger partial charge < -0.3 is 37.9 Å². The summed E-state index contributed by atoms with van der Waals surface area (Å²) in [6, 6.07) is -1.46. The number of halogens is 1. The Bertz CT molecular complexity index is 147. The SMILES string of the molecule is NC(CC(=O)[O-])C(=O)[O-].[Cl-].[H+].[Mg+2].